The smallest absolute Gasteiger partial charge is 0.321 e. The molecular weight excluding hydrogens is 268 g/mol. The first-order valence-corrected chi connectivity index (χ1v) is 6.74. The van der Waals surface area contributed by atoms with E-state index >= 15 is 0 Å². The number of furan rings is 1. The predicted molar refractivity (Wildman–Crippen MR) is 79.7 cm³/mol. The summed E-state index contributed by atoms with van der Waals surface area (Å²) in [4.78, 5) is 11.3. The molecule has 0 aliphatic heterocycles. The van der Waals surface area contributed by atoms with E-state index in [4.69, 9.17) is 9.83 Å². The summed E-state index contributed by atoms with van der Waals surface area (Å²) in [5, 5.41) is 20.0. The number of carboxylic acid groups (broad SMARTS) is 1. The molecule has 2 rings (SSSR count). The lowest BCUT2D eigenvalue weighted by Gasteiger charge is -2.14. The SMILES string of the molecule is N=C(CNC(Cc1ccccc1)C(=O)O)Cc1ccco1. The molecule has 5 heteroatoms. The number of hydrogen-bond acceptors (Lipinski definition) is 4. The molecule has 0 amide bonds. The van der Waals surface area contributed by atoms with Crippen LogP contribution in [0.5, 0.6) is 0 Å². The maximum Gasteiger partial charge on any atom is 0.321 e. The van der Waals surface area contributed by atoms with Gasteiger partial charge in [0.25, 0.3) is 0 Å². The van der Waals surface area contributed by atoms with Crippen molar-refractivity contribution in [1.29, 1.82) is 5.41 Å². The van der Waals surface area contributed by atoms with Crippen LogP contribution < -0.4 is 5.32 Å². The summed E-state index contributed by atoms with van der Waals surface area (Å²) in [5.41, 5.74) is 1.35. The minimum absolute atomic E-state index is 0.227. The van der Waals surface area contributed by atoms with Crippen molar-refractivity contribution in [3.8, 4) is 0 Å². The van der Waals surface area contributed by atoms with Gasteiger partial charge in [-0.1, -0.05) is 30.3 Å². The Labute approximate surface area is 123 Å². The van der Waals surface area contributed by atoms with Gasteiger partial charge in [-0.15, -0.1) is 0 Å². The van der Waals surface area contributed by atoms with Crippen molar-refractivity contribution in [1.82, 2.24) is 5.32 Å². The molecule has 0 bridgehead atoms. The summed E-state index contributed by atoms with van der Waals surface area (Å²) in [6.07, 6.45) is 2.34. The molecule has 0 saturated carbocycles. The standard InChI is InChI=1S/C16H18N2O3/c17-13(10-14-7-4-8-21-14)11-18-15(16(19)20)9-12-5-2-1-3-6-12/h1-8,15,17-18H,9-11H2,(H,19,20). The van der Waals surface area contributed by atoms with E-state index in [1.807, 2.05) is 30.3 Å². The van der Waals surface area contributed by atoms with E-state index in [-0.39, 0.29) is 6.54 Å². The highest BCUT2D eigenvalue weighted by Gasteiger charge is 2.17. The fourth-order valence-corrected chi connectivity index (χ4v) is 2.03. The highest BCUT2D eigenvalue weighted by molar-refractivity contribution is 5.85. The topological polar surface area (TPSA) is 86.3 Å². The van der Waals surface area contributed by atoms with Gasteiger partial charge in [0.1, 0.15) is 11.8 Å². The summed E-state index contributed by atoms with van der Waals surface area (Å²) in [6, 6.07) is 12.3. The molecule has 3 N–H and O–H groups in total. The molecule has 1 aromatic carbocycles. The van der Waals surface area contributed by atoms with E-state index in [0.717, 1.165) is 5.56 Å². The van der Waals surface area contributed by atoms with Gasteiger partial charge in [0, 0.05) is 18.7 Å². The highest BCUT2D eigenvalue weighted by atomic mass is 16.4. The largest absolute Gasteiger partial charge is 0.480 e. The molecule has 0 aliphatic carbocycles. The Morgan fingerprint density at radius 1 is 1.24 bits per heavy atom. The zero-order valence-corrected chi connectivity index (χ0v) is 11.6. The maximum atomic E-state index is 11.3. The fraction of sp³-hybridized carbons (Fsp3) is 0.250. The molecule has 1 aromatic heterocycles. The lowest BCUT2D eigenvalue weighted by Crippen LogP contribution is -2.41. The van der Waals surface area contributed by atoms with Gasteiger partial charge in [-0.3, -0.25) is 10.1 Å². The van der Waals surface area contributed by atoms with Crippen LogP contribution in [0.15, 0.2) is 53.1 Å². The van der Waals surface area contributed by atoms with Gasteiger partial charge in [-0.2, -0.15) is 0 Å². The van der Waals surface area contributed by atoms with Crippen LogP contribution in [0.1, 0.15) is 11.3 Å². The normalized spacial score (nSPS) is 12.0. The van der Waals surface area contributed by atoms with Gasteiger partial charge in [-0.25, -0.2) is 0 Å². The molecule has 0 saturated heterocycles. The van der Waals surface area contributed by atoms with Crippen LogP contribution in [-0.4, -0.2) is 29.4 Å². The molecule has 0 fully saturated rings. The molecule has 1 unspecified atom stereocenters. The van der Waals surface area contributed by atoms with Crippen LogP contribution in [0.25, 0.3) is 0 Å². The molecule has 2 aromatic rings. The monoisotopic (exact) mass is 286 g/mol. The van der Waals surface area contributed by atoms with Gasteiger partial charge >= 0.3 is 5.97 Å². The van der Waals surface area contributed by atoms with Crippen LogP contribution in [0.2, 0.25) is 0 Å². The molecule has 1 atom stereocenters. The number of rotatable bonds is 8. The Bertz CT molecular complexity index is 579. The van der Waals surface area contributed by atoms with E-state index in [9.17, 15) is 9.90 Å². The Balaban J connectivity index is 1.85. The summed E-state index contributed by atoms with van der Waals surface area (Å²) in [6.45, 7) is 0.227. The number of aliphatic carboxylic acids is 1. The average Bonchev–Trinajstić information content (AvgIpc) is 2.97. The van der Waals surface area contributed by atoms with Crippen LogP contribution in [0.3, 0.4) is 0 Å². The van der Waals surface area contributed by atoms with Crippen molar-refractivity contribution in [3.63, 3.8) is 0 Å². The third-order valence-electron chi connectivity index (χ3n) is 3.11. The number of hydrogen-bond donors (Lipinski definition) is 3. The Morgan fingerprint density at radius 3 is 2.62 bits per heavy atom. The summed E-state index contributed by atoms with van der Waals surface area (Å²) in [7, 11) is 0. The predicted octanol–water partition coefficient (Wildman–Crippen LogP) is 2.13. The van der Waals surface area contributed by atoms with E-state index in [1.165, 1.54) is 0 Å². The highest BCUT2D eigenvalue weighted by Crippen LogP contribution is 2.04. The van der Waals surface area contributed by atoms with Crippen molar-refractivity contribution in [2.24, 2.45) is 0 Å². The molecule has 21 heavy (non-hydrogen) atoms. The van der Waals surface area contributed by atoms with Gasteiger partial charge in [0.2, 0.25) is 0 Å². The lowest BCUT2D eigenvalue weighted by molar-refractivity contribution is -0.139. The number of benzene rings is 1. The lowest BCUT2D eigenvalue weighted by atomic mass is 10.1. The Kier molecular flexibility index (Phi) is 5.29. The summed E-state index contributed by atoms with van der Waals surface area (Å²) in [5.74, 6) is -0.207. The number of nitrogens with one attached hydrogen (secondary N) is 2. The minimum atomic E-state index is -0.912. The van der Waals surface area contributed by atoms with Crippen LogP contribution in [0.4, 0.5) is 0 Å². The van der Waals surface area contributed by atoms with Gasteiger partial charge in [0.15, 0.2) is 0 Å². The quantitative estimate of drug-likeness (QED) is 0.649. The van der Waals surface area contributed by atoms with Gasteiger partial charge in [0.05, 0.1) is 6.26 Å². The molecule has 0 aliphatic rings. The molecule has 0 radical (unpaired) electrons. The molecule has 0 spiro atoms. The first-order valence-electron chi connectivity index (χ1n) is 6.74. The summed E-state index contributed by atoms with van der Waals surface area (Å²) < 4.78 is 5.17. The molecule has 110 valence electrons. The van der Waals surface area contributed by atoms with Crippen LogP contribution >= 0.6 is 0 Å². The van der Waals surface area contributed by atoms with Gasteiger partial charge in [-0.05, 0) is 24.1 Å². The number of carbonyl (C=O) groups is 1. The second-order valence-corrected chi connectivity index (χ2v) is 4.82. The van der Waals surface area contributed by atoms with Gasteiger partial charge < -0.3 is 14.9 Å². The van der Waals surface area contributed by atoms with E-state index in [0.29, 0.717) is 24.3 Å². The zero-order valence-electron chi connectivity index (χ0n) is 11.6. The summed E-state index contributed by atoms with van der Waals surface area (Å²) >= 11 is 0. The van der Waals surface area contributed by atoms with Crippen molar-refractivity contribution in [2.75, 3.05) is 6.54 Å². The van der Waals surface area contributed by atoms with E-state index < -0.39 is 12.0 Å². The Morgan fingerprint density at radius 2 is 2.00 bits per heavy atom. The van der Waals surface area contributed by atoms with Crippen molar-refractivity contribution < 1.29 is 14.3 Å². The maximum absolute atomic E-state index is 11.3. The second kappa shape index (κ2) is 7.40. The van der Waals surface area contributed by atoms with E-state index in [1.54, 1.807) is 18.4 Å². The Hall–Kier alpha value is -2.40. The van der Waals surface area contributed by atoms with Crippen LogP contribution in [0, 0.1) is 5.41 Å². The van der Waals surface area contributed by atoms with E-state index in [2.05, 4.69) is 5.32 Å². The molecular formula is C16H18N2O3. The molecule has 5 nitrogen and oxygen atoms in total. The average molecular weight is 286 g/mol. The molecule has 1 heterocycles. The van der Waals surface area contributed by atoms with Crippen molar-refractivity contribution >= 4 is 11.7 Å². The first-order chi connectivity index (χ1) is 10.1. The van der Waals surface area contributed by atoms with Crippen molar-refractivity contribution in [2.45, 2.75) is 18.9 Å². The van der Waals surface area contributed by atoms with Crippen LogP contribution in [-0.2, 0) is 17.6 Å². The zero-order chi connectivity index (χ0) is 15.1. The second-order valence-electron chi connectivity index (χ2n) is 4.82. The fourth-order valence-electron chi connectivity index (χ4n) is 2.03. The third kappa shape index (κ3) is 4.89. The van der Waals surface area contributed by atoms with Crippen molar-refractivity contribution in [3.05, 3.63) is 60.1 Å². The first kappa shape index (κ1) is 15.0. The number of carboxylic acids is 1. The minimum Gasteiger partial charge on any atom is -0.480 e. The third-order valence-corrected chi connectivity index (χ3v) is 3.11.